The third-order valence-electron chi connectivity index (χ3n) is 2.63. The predicted molar refractivity (Wildman–Crippen MR) is 64.5 cm³/mol. The Morgan fingerprint density at radius 1 is 1.33 bits per heavy atom. The van der Waals surface area contributed by atoms with Crippen LogP contribution in [0.4, 0.5) is 0 Å². The van der Waals surface area contributed by atoms with Gasteiger partial charge in [0.1, 0.15) is 0 Å². The molecule has 0 aromatic carbocycles. The quantitative estimate of drug-likeness (QED) is 0.680. The molecule has 2 atom stereocenters. The molecule has 0 aromatic heterocycles. The number of nitrogens with one attached hydrogen (secondary N) is 1. The topological polar surface area (TPSA) is 55.1 Å². The highest BCUT2D eigenvalue weighted by molar-refractivity contribution is 5.76. The zero-order valence-corrected chi connectivity index (χ0v) is 10.5. The third kappa shape index (κ3) is 7.37. The molecule has 0 rings (SSSR count). The summed E-state index contributed by atoms with van der Waals surface area (Å²) >= 11 is 0. The molecule has 3 nitrogen and oxygen atoms in total. The fourth-order valence-corrected chi connectivity index (χ4v) is 1.63. The first-order valence-corrected chi connectivity index (χ1v) is 5.99. The van der Waals surface area contributed by atoms with Gasteiger partial charge in [-0.05, 0) is 38.1 Å². The maximum Gasteiger partial charge on any atom is 0.220 e. The summed E-state index contributed by atoms with van der Waals surface area (Å²) in [7, 11) is 0. The van der Waals surface area contributed by atoms with Crippen LogP contribution in [0.5, 0.6) is 0 Å². The Balaban J connectivity index is 3.90. The van der Waals surface area contributed by atoms with Crippen molar-refractivity contribution in [3.8, 4) is 0 Å². The van der Waals surface area contributed by atoms with Gasteiger partial charge in [0, 0.05) is 12.5 Å². The number of rotatable bonds is 7. The Morgan fingerprint density at radius 3 is 2.33 bits per heavy atom. The lowest BCUT2D eigenvalue weighted by Gasteiger charge is -2.18. The van der Waals surface area contributed by atoms with Crippen LogP contribution in [0.2, 0.25) is 0 Å². The van der Waals surface area contributed by atoms with Crippen LogP contribution < -0.4 is 11.1 Å². The van der Waals surface area contributed by atoms with Gasteiger partial charge in [-0.15, -0.1) is 0 Å². The van der Waals surface area contributed by atoms with Crippen LogP contribution in [-0.2, 0) is 4.79 Å². The second kappa shape index (κ2) is 7.69. The number of carbonyl (C=O) groups excluding carboxylic acids is 1. The normalized spacial score (nSPS) is 15.1. The average molecular weight is 214 g/mol. The van der Waals surface area contributed by atoms with E-state index in [0.717, 1.165) is 12.8 Å². The van der Waals surface area contributed by atoms with Crippen LogP contribution in [-0.4, -0.2) is 18.5 Å². The minimum Gasteiger partial charge on any atom is -0.354 e. The van der Waals surface area contributed by atoms with Crippen molar-refractivity contribution in [3.05, 3.63) is 0 Å². The highest BCUT2D eigenvalue weighted by atomic mass is 16.1. The van der Waals surface area contributed by atoms with E-state index in [1.54, 1.807) is 0 Å². The van der Waals surface area contributed by atoms with E-state index < -0.39 is 0 Å². The molecular formula is C12H26N2O. The van der Waals surface area contributed by atoms with Crippen LogP contribution in [0.25, 0.3) is 0 Å². The Hall–Kier alpha value is -0.570. The molecule has 0 aliphatic heterocycles. The van der Waals surface area contributed by atoms with Gasteiger partial charge in [-0.1, -0.05) is 20.8 Å². The molecule has 0 fully saturated rings. The molecule has 0 saturated carbocycles. The molecule has 0 spiro atoms. The van der Waals surface area contributed by atoms with Gasteiger partial charge in [-0.25, -0.2) is 0 Å². The summed E-state index contributed by atoms with van der Waals surface area (Å²) < 4.78 is 0. The summed E-state index contributed by atoms with van der Waals surface area (Å²) in [5.41, 5.74) is 5.65. The fraction of sp³-hybridized carbons (Fsp3) is 0.917. The minimum atomic E-state index is 0.139. The molecule has 15 heavy (non-hydrogen) atoms. The van der Waals surface area contributed by atoms with Crippen LogP contribution in [0.1, 0.15) is 47.0 Å². The van der Waals surface area contributed by atoms with Crippen molar-refractivity contribution in [2.45, 2.75) is 53.0 Å². The van der Waals surface area contributed by atoms with E-state index in [-0.39, 0.29) is 11.9 Å². The van der Waals surface area contributed by atoms with Crippen LogP contribution in [0, 0.1) is 11.8 Å². The Labute approximate surface area is 93.8 Å². The molecule has 0 heterocycles. The summed E-state index contributed by atoms with van der Waals surface area (Å²) in [6, 6.07) is 0.273. The van der Waals surface area contributed by atoms with E-state index in [9.17, 15) is 4.79 Å². The average Bonchev–Trinajstić information content (AvgIpc) is 2.15. The molecule has 0 bridgehead atoms. The van der Waals surface area contributed by atoms with Crippen molar-refractivity contribution in [3.63, 3.8) is 0 Å². The Kier molecular flexibility index (Phi) is 7.39. The van der Waals surface area contributed by atoms with Gasteiger partial charge >= 0.3 is 0 Å². The van der Waals surface area contributed by atoms with Crippen molar-refractivity contribution in [2.75, 3.05) is 6.54 Å². The monoisotopic (exact) mass is 214 g/mol. The smallest absolute Gasteiger partial charge is 0.220 e. The molecule has 0 aliphatic carbocycles. The second-order valence-electron chi connectivity index (χ2n) is 4.81. The molecule has 3 N–H and O–H groups in total. The highest BCUT2D eigenvalue weighted by Crippen LogP contribution is 2.14. The van der Waals surface area contributed by atoms with E-state index in [2.05, 4.69) is 26.1 Å². The summed E-state index contributed by atoms with van der Waals surface area (Å²) in [5, 5.41) is 2.97. The fourth-order valence-electron chi connectivity index (χ4n) is 1.63. The maximum atomic E-state index is 11.6. The standard InChI is InChI=1S/C12H26N2O/c1-5-10(4)14-12(15)7-11(8-13)6-9(2)3/h9-11H,5-8,13H2,1-4H3,(H,14,15). The minimum absolute atomic E-state index is 0.139. The molecule has 0 aromatic rings. The zero-order valence-electron chi connectivity index (χ0n) is 10.5. The lowest BCUT2D eigenvalue weighted by molar-refractivity contribution is -0.122. The summed E-state index contributed by atoms with van der Waals surface area (Å²) in [6.07, 6.45) is 2.58. The van der Waals surface area contributed by atoms with Gasteiger partial charge in [-0.2, -0.15) is 0 Å². The Morgan fingerprint density at radius 2 is 1.93 bits per heavy atom. The van der Waals surface area contributed by atoms with Crippen molar-refractivity contribution in [1.82, 2.24) is 5.32 Å². The maximum absolute atomic E-state index is 11.6. The molecule has 90 valence electrons. The molecule has 0 saturated heterocycles. The van der Waals surface area contributed by atoms with Crippen LogP contribution >= 0.6 is 0 Å². The van der Waals surface area contributed by atoms with Crippen molar-refractivity contribution in [2.24, 2.45) is 17.6 Å². The molecule has 2 unspecified atom stereocenters. The van der Waals surface area contributed by atoms with E-state index in [0.29, 0.717) is 24.8 Å². The first-order chi connectivity index (χ1) is 6.99. The summed E-state index contributed by atoms with van der Waals surface area (Å²) in [6.45, 7) is 9.02. The van der Waals surface area contributed by atoms with E-state index in [1.807, 2.05) is 6.92 Å². The first-order valence-electron chi connectivity index (χ1n) is 5.99. The number of carbonyl (C=O) groups is 1. The van der Waals surface area contributed by atoms with Gasteiger partial charge in [0.25, 0.3) is 0 Å². The van der Waals surface area contributed by atoms with Crippen LogP contribution in [0.3, 0.4) is 0 Å². The highest BCUT2D eigenvalue weighted by Gasteiger charge is 2.14. The molecule has 0 radical (unpaired) electrons. The van der Waals surface area contributed by atoms with Gasteiger partial charge in [-0.3, -0.25) is 4.79 Å². The molecule has 0 aliphatic rings. The zero-order chi connectivity index (χ0) is 11.8. The predicted octanol–water partition coefficient (Wildman–Crippen LogP) is 1.91. The lowest BCUT2D eigenvalue weighted by atomic mass is 9.94. The molecule has 3 heteroatoms. The van der Waals surface area contributed by atoms with Gasteiger partial charge in [0.2, 0.25) is 5.91 Å². The summed E-state index contributed by atoms with van der Waals surface area (Å²) in [4.78, 5) is 11.6. The number of hydrogen-bond donors (Lipinski definition) is 2. The SMILES string of the molecule is CCC(C)NC(=O)CC(CN)CC(C)C. The molecule has 1 amide bonds. The second-order valence-corrected chi connectivity index (χ2v) is 4.81. The Bertz CT molecular complexity index is 180. The van der Waals surface area contributed by atoms with Crippen molar-refractivity contribution >= 4 is 5.91 Å². The number of hydrogen-bond acceptors (Lipinski definition) is 2. The van der Waals surface area contributed by atoms with Gasteiger partial charge in [0.05, 0.1) is 0 Å². The van der Waals surface area contributed by atoms with Gasteiger partial charge < -0.3 is 11.1 Å². The number of nitrogens with two attached hydrogens (primary N) is 1. The van der Waals surface area contributed by atoms with E-state index in [4.69, 9.17) is 5.73 Å². The first kappa shape index (κ1) is 14.4. The van der Waals surface area contributed by atoms with E-state index in [1.165, 1.54) is 0 Å². The number of amides is 1. The van der Waals surface area contributed by atoms with E-state index >= 15 is 0 Å². The van der Waals surface area contributed by atoms with Gasteiger partial charge in [0.15, 0.2) is 0 Å². The van der Waals surface area contributed by atoms with Crippen molar-refractivity contribution < 1.29 is 4.79 Å². The largest absolute Gasteiger partial charge is 0.354 e. The molecular weight excluding hydrogens is 188 g/mol. The van der Waals surface area contributed by atoms with Crippen LogP contribution in [0.15, 0.2) is 0 Å². The summed E-state index contributed by atoms with van der Waals surface area (Å²) in [5.74, 6) is 1.07. The third-order valence-corrected chi connectivity index (χ3v) is 2.63. The van der Waals surface area contributed by atoms with Crippen molar-refractivity contribution in [1.29, 1.82) is 0 Å². The lowest BCUT2D eigenvalue weighted by Crippen LogP contribution is -2.34.